The molecule has 0 heterocycles. The van der Waals surface area contributed by atoms with Crippen LogP contribution in [-0.4, -0.2) is 17.6 Å². The van der Waals surface area contributed by atoms with E-state index in [1.165, 1.54) is 0 Å². The maximum Gasteiger partial charge on any atom is 0.407 e. The Balaban J connectivity index is 1.95. The quantitative estimate of drug-likeness (QED) is 0.797. The van der Waals surface area contributed by atoms with Crippen molar-refractivity contribution in [1.82, 2.24) is 5.32 Å². The van der Waals surface area contributed by atoms with Crippen LogP contribution in [-0.2, 0) is 11.3 Å². The van der Waals surface area contributed by atoms with Gasteiger partial charge in [0.1, 0.15) is 5.60 Å². The summed E-state index contributed by atoms with van der Waals surface area (Å²) in [5.74, 6) is -0.220. The van der Waals surface area contributed by atoms with E-state index in [-0.39, 0.29) is 5.91 Å². The second-order valence-electron chi connectivity index (χ2n) is 6.92. The molecule has 2 amide bonds. The molecule has 0 saturated carbocycles. The van der Waals surface area contributed by atoms with Crippen LogP contribution in [0.2, 0.25) is 5.02 Å². The fourth-order valence-corrected chi connectivity index (χ4v) is 2.37. The summed E-state index contributed by atoms with van der Waals surface area (Å²) in [6.45, 7) is 7.60. The first-order valence-corrected chi connectivity index (χ1v) is 8.66. The van der Waals surface area contributed by atoms with Gasteiger partial charge in [-0.15, -0.1) is 0 Å². The average Bonchev–Trinajstić information content (AvgIpc) is 2.56. The molecule has 2 rings (SSSR count). The molecule has 2 N–H and O–H groups in total. The Kier molecular flexibility index (Phi) is 6.27. The van der Waals surface area contributed by atoms with E-state index in [1.54, 1.807) is 42.5 Å². The third-order valence-corrected chi connectivity index (χ3v) is 3.98. The first-order valence-electron chi connectivity index (χ1n) is 8.28. The number of anilines is 1. The molecule has 0 spiro atoms. The number of benzene rings is 2. The normalized spacial score (nSPS) is 11.0. The number of hydrogen-bond donors (Lipinski definition) is 2. The van der Waals surface area contributed by atoms with Crippen molar-refractivity contribution in [2.75, 3.05) is 5.32 Å². The lowest BCUT2D eigenvalue weighted by molar-refractivity contribution is 0.0523. The Hall–Kier alpha value is -2.53. The summed E-state index contributed by atoms with van der Waals surface area (Å²) in [7, 11) is 0. The molecule has 0 aliphatic heterocycles. The van der Waals surface area contributed by atoms with Crippen molar-refractivity contribution >= 4 is 29.3 Å². The molecule has 26 heavy (non-hydrogen) atoms. The predicted molar refractivity (Wildman–Crippen MR) is 104 cm³/mol. The minimum Gasteiger partial charge on any atom is -0.444 e. The third-order valence-electron chi connectivity index (χ3n) is 3.57. The van der Waals surface area contributed by atoms with Gasteiger partial charge in [0.25, 0.3) is 5.91 Å². The molecule has 0 bridgehead atoms. The molecule has 0 aromatic heterocycles. The van der Waals surface area contributed by atoms with Gasteiger partial charge in [-0.05, 0) is 63.1 Å². The van der Waals surface area contributed by atoms with Gasteiger partial charge in [-0.1, -0.05) is 29.8 Å². The van der Waals surface area contributed by atoms with Crippen molar-refractivity contribution in [2.45, 2.75) is 39.8 Å². The van der Waals surface area contributed by atoms with Gasteiger partial charge in [0.15, 0.2) is 0 Å². The molecule has 0 fully saturated rings. The lowest BCUT2D eigenvalue weighted by Crippen LogP contribution is -2.32. The second kappa shape index (κ2) is 8.23. The summed E-state index contributed by atoms with van der Waals surface area (Å²) in [5.41, 5.74) is 2.35. The SMILES string of the molecule is Cc1c(Cl)cccc1NC(=O)c1ccc(CNC(=O)OC(C)(C)C)cc1. The van der Waals surface area contributed by atoms with Crippen molar-refractivity contribution < 1.29 is 14.3 Å². The number of rotatable bonds is 4. The molecule has 0 aliphatic rings. The molecular formula is C20H23ClN2O3. The van der Waals surface area contributed by atoms with E-state index in [0.717, 1.165) is 11.1 Å². The van der Waals surface area contributed by atoms with Crippen molar-refractivity contribution in [1.29, 1.82) is 0 Å². The molecule has 5 nitrogen and oxygen atoms in total. The molecule has 2 aromatic rings. The summed E-state index contributed by atoms with van der Waals surface area (Å²) < 4.78 is 5.18. The van der Waals surface area contributed by atoms with Gasteiger partial charge in [0.05, 0.1) is 0 Å². The highest BCUT2D eigenvalue weighted by molar-refractivity contribution is 6.31. The molecule has 0 atom stereocenters. The van der Waals surface area contributed by atoms with Crippen molar-refractivity contribution in [3.05, 3.63) is 64.2 Å². The van der Waals surface area contributed by atoms with Gasteiger partial charge in [0.2, 0.25) is 0 Å². The predicted octanol–water partition coefficient (Wildman–Crippen LogP) is 4.93. The van der Waals surface area contributed by atoms with Gasteiger partial charge in [-0.3, -0.25) is 4.79 Å². The van der Waals surface area contributed by atoms with Crippen LogP contribution >= 0.6 is 11.6 Å². The Morgan fingerprint density at radius 1 is 1.08 bits per heavy atom. The Labute approximate surface area is 158 Å². The van der Waals surface area contributed by atoms with E-state index < -0.39 is 11.7 Å². The highest BCUT2D eigenvalue weighted by Crippen LogP contribution is 2.23. The molecule has 138 valence electrons. The number of nitrogens with one attached hydrogen (secondary N) is 2. The van der Waals surface area contributed by atoms with Crippen LogP contribution in [0.5, 0.6) is 0 Å². The summed E-state index contributed by atoms with van der Waals surface area (Å²) in [4.78, 5) is 24.0. The first-order chi connectivity index (χ1) is 12.2. The van der Waals surface area contributed by atoms with Crippen molar-refractivity contribution in [3.63, 3.8) is 0 Å². The molecule has 0 saturated heterocycles. The van der Waals surface area contributed by atoms with Gasteiger partial charge >= 0.3 is 6.09 Å². The summed E-state index contributed by atoms with van der Waals surface area (Å²) in [6, 6.07) is 12.4. The second-order valence-corrected chi connectivity index (χ2v) is 7.33. The standard InChI is InChI=1S/C20H23ClN2O3/c1-13-16(21)6-5-7-17(13)23-18(24)15-10-8-14(9-11-15)12-22-19(25)26-20(2,3)4/h5-11H,12H2,1-4H3,(H,22,25)(H,23,24). The highest BCUT2D eigenvalue weighted by atomic mass is 35.5. The molecule has 2 aromatic carbocycles. The monoisotopic (exact) mass is 374 g/mol. The average molecular weight is 375 g/mol. The van der Waals surface area contributed by atoms with Gasteiger partial charge in [-0.2, -0.15) is 0 Å². The van der Waals surface area contributed by atoms with E-state index in [2.05, 4.69) is 10.6 Å². The fraction of sp³-hybridized carbons (Fsp3) is 0.300. The smallest absolute Gasteiger partial charge is 0.407 e. The van der Waals surface area contributed by atoms with E-state index in [9.17, 15) is 9.59 Å². The Morgan fingerprint density at radius 2 is 1.73 bits per heavy atom. The van der Waals surface area contributed by atoms with Crippen molar-refractivity contribution in [2.24, 2.45) is 0 Å². The van der Waals surface area contributed by atoms with E-state index in [4.69, 9.17) is 16.3 Å². The van der Waals surface area contributed by atoms with Crippen LogP contribution in [0.1, 0.15) is 42.3 Å². The molecule has 6 heteroatoms. The first kappa shape index (κ1) is 19.8. The van der Waals surface area contributed by atoms with Crippen LogP contribution < -0.4 is 10.6 Å². The topological polar surface area (TPSA) is 67.4 Å². The van der Waals surface area contributed by atoms with Gasteiger partial charge in [-0.25, -0.2) is 4.79 Å². The van der Waals surface area contributed by atoms with Crippen LogP contribution in [0, 0.1) is 6.92 Å². The minimum absolute atomic E-state index is 0.220. The molecule has 0 unspecified atom stereocenters. The van der Waals surface area contributed by atoms with Crippen LogP contribution in [0.4, 0.5) is 10.5 Å². The number of halogens is 1. The Bertz CT molecular complexity index is 796. The molecule has 0 radical (unpaired) electrons. The summed E-state index contributed by atoms with van der Waals surface area (Å²) in [6.07, 6.45) is -0.476. The zero-order valence-corrected chi connectivity index (χ0v) is 16.1. The van der Waals surface area contributed by atoms with Gasteiger partial charge in [0, 0.05) is 22.8 Å². The molecular weight excluding hydrogens is 352 g/mol. The van der Waals surface area contributed by atoms with E-state index in [0.29, 0.717) is 22.8 Å². The van der Waals surface area contributed by atoms with E-state index in [1.807, 2.05) is 27.7 Å². The zero-order chi connectivity index (χ0) is 19.3. The minimum atomic E-state index is -0.537. The fourth-order valence-electron chi connectivity index (χ4n) is 2.20. The summed E-state index contributed by atoms with van der Waals surface area (Å²) in [5, 5.41) is 6.13. The van der Waals surface area contributed by atoms with Crippen LogP contribution in [0.3, 0.4) is 0 Å². The largest absolute Gasteiger partial charge is 0.444 e. The summed E-state index contributed by atoms with van der Waals surface area (Å²) >= 11 is 6.07. The maximum absolute atomic E-state index is 12.4. The van der Waals surface area contributed by atoms with Crippen LogP contribution in [0.15, 0.2) is 42.5 Å². The molecule has 0 aliphatic carbocycles. The third kappa shape index (κ3) is 5.77. The maximum atomic E-state index is 12.4. The van der Waals surface area contributed by atoms with Gasteiger partial charge < -0.3 is 15.4 Å². The number of alkyl carbamates (subject to hydrolysis) is 1. The lowest BCUT2D eigenvalue weighted by Gasteiger charge is -2.19. The number of carbonyl (C=O) groups excluding carboxylic acids is 2. The number of carbonyl (C=O) groups is 2. The number of amides is 2. The zero-order valence-electron chi connectivity index (χ0n) is 15.4. The lowest BCUT2D eigenvalue weighted by atomic mass is 10.1. The van der Waals surface area contributed by atoms with Crippen molar-refractivity contribution in [3.8, 4) is 0 Å². The van der Waals surface area contributed by atoms with E-state index >= 15 is 0 Å². The number of hydrogen-bond acceptors (Lipinski definition) is 3. The highest BCUT2D eigenvalue weighted by Gasteiger charge is 2.15. The van der Waals surface area contributed by atoms with Crippen LogP contribution in [0.25, 0.3) is 0 Å². The Morgan fingerprint density at radius 3 is 2.35 bits per heavy atom. The number of ether oxygens (including phenoxy) is 1.